The van der Waals surface area contributed by atoms with Crippen molar-refractivity contribution in [2.75, 3.05) is 38.5 Å². The number of amides is 1. The predicted molar refractivity (Wildman–Crippen MR) is 89.5 cm³/mol. The Morgan fingerprint density at radius 2 is 2.14 bits per heavy atom. The van der Waals surface area contributed by atoms with Crippen LogP contribution in [0.4, 0.5) is 5.69 Å². The molecular weight excluding hydrogens is 284 g/mol. The van der Waals surface area contributed by atoms with Gasteiger partial charge in [0, 0.05) is 31.2 Å². The zero-order valence-corrected chi connectivity index (χ0v) is 13.3. The average Bonchev–Trinajstić information content (AvgIpc) is 2.43. The fraction of sp³-hybridized carbons (Fsp3) is 0.467. The molecule has 1 heterocycles. The van der Waals surface area contributed by atoms with Crippen LogP contribution in [0.25, 0.3) is 0 Å². The average molecular weight is 306 g/mol. The van der Waals surface area contributed by atoms with Crippen molar-refractivity contribution in [1.29, 1.82) is 0 Å². The molecular formula is C15H22N4OS. The van der Waals surface area contributed by atoms with Gasteiger partial charge in [-0.3, -0.25) is 9.69 Å². The molecule has 0 aromatic heterocycles. The van der Waals surface area contributed by atoms with E-state index in [1.165, 1.54) is 0 Å². The number of para-hydroxylation sites is 1. The summed E-state index contributed by atoms with van der Waals surface area (Å²) in [6.07, 6.45) is 0. The molecule has 1 atom stereocenters. The maximum atomic E-state index is 12.2. The summed E-state index contributed by atoms with van der Waals surface area (Å²) in [4.78, 5) is 17.0. The molecule has 1 saturated heterocycles. The van der Waals surface area contributed by atoms with Crippen molar-refractivity contribution >= 4 is 28.8 Å². The van der Waals surface area contributed by atoms with Crippen LogP contribution in [-0.2, 0) is 4.79 Å². The van der Waals surface area contributed by atoms with Crippen LogP contribution < -0.4 is 11.1 Å². The van der Waals surface area contributed by atoms with E-state index in [2.05, 4.69) is 29.1 Å². The van der Waals surface area contributed by atoms with Crippen molar-refractivity contribution in [3.63, 3.8) is 0 Å². The van der Waals surface area contributed by atoms with Crippen LogP contribution in [0, 0.1) is 0 Å². The van der Waals surface area contributed by atoms with Crippen molar-refractivity contribution in [1.82, 2.24) is 9.80 Å². The third-order valence-electron chi connectivity index (χ3n) is 3.88. The van der Waals surface area contributed by atoms with Crippen LogP contribution in [0.5, 0.6) is 0 Å². The summed E-state index contributed by atoms with van der Waals surface area (Å²) in [5.74, 6) is -0.0320. The summed E-state index contributed by atoms with van der Waals surface area (Å²) < 4.78 is 0. The van der Waals surface area contributed by atoms with Crippen LogP contribution in [0.1, 0.15) is 12.5 Å². The van der Waals surface area contributed by atoms with Crippen molar-refractivity contribution in [2.45, 2.75) is 13.0 Å². The van der Waals surface area contributed by atoms with E-state index < -0.39 is 0 Å². The van der Waals surface area contributed by atoms with Crippen LogP contribution in [-0.4, -0.2) is 60.0 Å². The molecule has 21 heavy (non-hydrogen) atoms. The molecule has 1 aliphatic heterocycles. The van der Waals surface area contributed by atoms with Gasteiger partial charge in [-0.05, 0) is 26.1 Å². The smallest absolute Gasteiger partial charge is 0.238 e. The molecule has 0 saturated carbocycles. The van der Waals surface area contributed by atoms with E-state index in [-0.39, 0.29) is 5.91 Å². The van der Waals surface area contributed by atoms with Crippen molar-refractivity contribution in [3.8, 4) is 0 Å². The standard InChI is InChI=1S/C15H22N4OS/c1-11-9-19(8-7-18(11)2)10-14(20)17-13-6-4-3-5-12(13)15(16)21/h3-6,11H,7-10H2,1-2H3,(H2,16,21)(H,17,20). The number of piperazine rings is 1. The van der Waals surface area contributed by atoms with E-state index in [0.29, 0.717) is 28.8 Å². The minimum Gasteiger partial charge on any atom is -0.389 e. The molecule has 1 aliphatic rings. The fourth-order valence-corrected chi connectivity index (χ4v) is 2.65. The van der Waals surface area contributed by atoms with Crippen molar-refractivity contribution in [2.24, 2.45) is 5.73 Å². The summed E-state index contributed by atoms with van der Waals surface area (Å²) in [5, 5.41) is 2.90. The van der Waals surface area contributed by atoms with Crippen molar-refractivity contribution < 1.29 is 4.79 Å². The number of hydrogen-bond donors (Lipinski definition) is 2. The van der Waals surface area contributed by atoms with E-state index in [9.17, 15) is 4.79 Å². The summed E-state index contributed by atoms with van der Waals surface area (Å²) in [7, 11) is 2.11. The van der Waals surface area contributed by atoms with Crippen molar-refractivity contribution in [3.05, 3.63) is 29.8 Å². The van der Waals surface area contributed by atoms with E-state index in [1.54, 1.807) is 0 Å². The molecule has 5 nitrogen and oxygen atoms in total. The minimum atomic E-state index is -0.0320. The van der Waals surface area contributed by atoms with E-state index in [0.717, 1.165) is 19.6 Å². The molecule has 114 valence electrons. The lowest BCUT2D eigenvalue weighted by Gasteiger charge is -2.37. The van der Waals surface area contributed by atoms with E-state index in [1.807, 2.05) is 24.3 Å². The Balaban J connectivity index is 1.95. The zero-order chi connectivity index (χ0) is 15.4. The number of anilines is 1. The number of carbonyl (C=O) groups is 1. The van der Waals surface area contributed by atoms with Gasteiger partial charge in [-0.15, -0.1) is 0 Å². The highest BCUT2D eigenvalue weighted by Crippen LogP contribution is 2.15. The molecule has 1 amide bonds. The predicted octanol–water partition coefficient (Wildman–Crippen LogP) is 0.895. The Hall–Kier alpha value is -1.50. The van der Waals surface area contributed by atoms with Gasteiger partial charge in [0.05, 0.1) is 12.2 Å². The number of benzene rings is 1. The van der Waals surface area contributed by atoms with Gasteiger partial charge in [-0.2, -0.15) is 0 Å². The molecule has 1 unspecified atom stereocenters. The third-order valence-corrected chi connectivity index (χ3v) is 4.10. The first-order valence-electron chi connectivity index (χ1n) is 7.08. The van der Waals surface area contributed by atoms with E-state index >= 15 is 0 Å². The number of nitrogens with two attached hydrogens (primary N) is 1. The van der Waals surface area contributed by atoms with Gasteiger partial charge in [-0.1, -0.05) is 24.4 Å². The Bertz CT molecular complexity index is 534. The molecule has 3 N–H and O–H groups in total. The number of nitrogens with zero attached hydrogens (tertiary/aromatic N) is 2. The monoisotopic (exact) mass is 306 g/mol. The molecule has 1 aromatic carbocycles. The van der Waals surface area contributed by atoms with Gasteiger partial charge in [-0.25, -0.2) is 0 Å². The minimum absolute atomic E-state index is 0.0320. The molecule has 6 heteroatoms. The SMILES string of the molecule is CC1CN(CC(=O)Nc2ccccc2C(N)=S)CCN1C. The second-order valence-electron chi connectivity index (χ2n) is 5.52. The maximum Gasteiger partial charge on any atom is 0.238 e. The first-order valence-corrected chi connectivity index (χ1v) is 7.49. The lowest BCUT2D eigenvalue weighted by Crippen LogP contribution is -2.51. The number of nitrogens with one attached hydrogen (secondary N) is 1. The summed E-state index contributed by atoms with van der Waals surface area (Å²) >= 11 is 5.00. The first-order chi connectivity index (χ1) is 9.97. The summed E-state index contributed by atoms with van der Waals surface area (Å²) in [6.45, 7) is 5.36. The maximum absolute atomic E-state index is 12.2. The van der Waals surface area contributed by atoms with Crippen LogP contribution in [0.2, 0.25) is 0 Å². The van der Waals surface area contributed by atoms with Crippen LogP contribution >= 0.6 is 12.2 Å². The molecule has 2 rings (SSSR count). The summed E-state index contributed by atoms with van der Waals surface area (Å²) in [5.41, 5.74) is 7.05. The highest BCUT2D eigenvalue weighted by molar-refractivity contribution is 7.80. The second kappa shape index (κ2) is 6.98. The Kier molecular flexibility index (Phi) is 5.27. The van der Waals surface area contributed by atoms with Gasteiger partial charge >= 0.3 is 0 Å². The van der Waals surface area contributed by atoms with E-state index in [4.69, 9.17) is 18.0 Å². The number of thiocarbonyl (C=S) groups is 1. The second-order valence-corrected chi connectivity index (χ2v) is 5.96. The molecule has 0 bridgehead atoms. The molecule has 0 spiro atoms. The van der Waals surface area contributed by atoms with Gasteiger partial charge in [0.2, 0.25) is 5.91 Å². The lowest BCUT2D eigenvalue weighted by molar-refractivity contribution is -0.117. The quantitative estimate of drug-likeness (QED) is 0.809. The van der Waals surface area contributed by atoms with Gasteiger partial charge in [0.1, 0.15) is 4.99 Å². The number of likely N-dealkylation sites (N-methyl/N-ethyl adjacent to an activating group) is 1. The largest absolute Gasteiger partial charge is 0.389 e. The molecule has 1 aromatic rings. The van der Waals surface area contributed by atoms with Gasteiger partial charge in [0.25, 0.3) is 0 Å². The molecule has 1 fully saturated rings. The normalized spacial score (nSPS) is 20.2. The Morgan fingerprint density at radius 3 is 2.81 bits per heavy atom. The highest BCUT2D eigenvalue weighted by Gasteiger charge is 2.22. The lowest BCUT2D eigenvalue weighted by atomic mass is 10.1. The van der Waals surface area contributed by atoms with Gasteiger partial charge < -0.3 is 16.0 Å². The Labute approximate surface area is 131 Å². The van der Waals surface area contributed by atoms with Gasteiger partial charge in [0.15, 0.2) is 0 Å². The fourth-order valence-electron chi connectivity index (χ4n) is 2.47. The number of hydrogen-bond acceptors (Lipinski definition) is 4. The number of carbonyl (C=O) groups excluding carboxylic acids is 1. The first kappa shape index (κ1) is 15.9. The summed E-state index contributed by atoms with van der Waals surface area (Å²) in [6, 6.07) is 7.81. The highest BCUT2D eigenvalue weighted by atomic mass is 32.1. The van der Waals surface area contributed by atoms with Crippen LogP contribution in [0.15, 0.2) is 24.3 Å². The van der Waals surface area contributed by atoms with Crippen LogP contribution in [0.3, 0.4) is 0 Å². The molecule has 0 aliphatic carbocycles. The topological polar surface area (TPSA) is 61.6 Å². The third kappa shape index (κ3) is 4.23. The Morgan fingerprint density at radius 1 is 1.43 bits per heavy atom. The molecule has 0 radical (unpaired) electrons. The zero-order valence-electron chi connectivity index (χ0n) is 12.5. The number of rotatable bonds is 4.